The van der Waals surface area contributed by atoms with E-state index in [9.17, 15) is 13.2 Å². The maximum absolute atomic E-state index is 13.2. The number of hydrogen-bond donors (Lipinski definition) is 2. The second kappa shape index (κ2) is 6.71. The van der Waals surface area contributed by atoms with E-state index in [4.69, 9.17) is 16.2 Å². The highest BCUT2D eigenvalue weighted by Gasteiger charge is 2.36. The number of pyridine rings is 1. The van der Waals surface area contributed by atoms with Gasteiger partial charge < -0.3 is 16.2 Å². The molecule has 2 aromatic rings. The average Bonchev–Trinajstić information content (AvgIpc) is 2.48. The van der Waals surface area contributed by atoms with E-state index in [0.717, 1.165) is 24.9 Å². The highest BCUT2D eigenvalue weighted by molar-refractivity contribution is 7.99. The van der Waals surface area contributed by atoms with Gasteiger partial charge >= 0.3 is 6.18 Å². The summed E-state index contributed by atoms with van der Waals surface area (Å²) in [4.78, 5) is 12.3. The summed E-state index contributed by atoms with van der Waals surface area (Å²) in [5.74, 6) is -0.506. The van der Waals surface area contributed by atoms with Crippen LogP contribution in [0.2, 0.25) is 0 Å². The smallest absolute Gasteiger partial charge is 0.421 e. The van der Waals surface area contributed by atoms with Crippen LogP contribution in [0.1, 0.15) is 31.0 Å². The van der Waals surface area contributed by atoms with E-state index in [1.807, 2.05) is 13.8 Å². The van der Waals surface area contributed by atoms with Crippen molar-refractivity contribution in [3.8, 4) is 5.88 Å². The summed E-state index contributed by atoms with van der Waals surface area (Å²) in [5.41, 5.74) is 10.7. The van der Waals surface area contributed by atoms with Gasteiger partial charge in [0.1, 0.15) is 11.4 Å². The number of nitrogen functional groups attached to an aromatic ring is 2. The van der Waals surface area contributed by atoms with Crippen molar-refractivity contribution in [3.63, 3.8) is 0 Å². The number of hydrogen-bond acceptors (Lipinski definition) is 7. The standard InChI is InChI=1S/C14H16F3N5OS/c1-6(2)10-8(24-9-5-20-13(19)22-11(9)18)4-7(14(15,16)17)12(21-10)23-3/h4-6H,1-3H3,(H4,18,19,20,22). The molecule has 0 aliphatic carbocycles. The summed E-state index contributed by atoms with van der Waals surface area (Å²) >= 11 is 1.00. The number of anilines is 2. The minimum atomic E-state index is -4.59. The van der Waals surface area contributed by atoms with Gasteiger partial charge in [0.15, 0.2) is 0 Å². The van der Waals surface area contributed by atoms with Crippen LogP contribution >= 0.6 is 11.8 Å². The van der Waals surface area contributed by atoms with Gasteiger partial charge in [-0.15, -0.1) is 0 Å². The first-order valence-corrected chi connectivity index (χ1v) is 7.67. The summed E-state index contributed by atoms with van der Waals surface area (Å²) in [5, 5.41) is 0. The van der Waals surface area contributed by atoms with Crippen molar-refractivity contribution >= 4 is 23.5 Å². The van der Waals surface area contributed by atoms with Crippen LogP contribution in [0.15, 0.2) is 22.1 Å². The first-order valence-electron chi connectivity index (χ1n) is 6.85. The molecule has 0 unspecified atom stereocenters. The summed E-state index contributed by atoms with van der Waals surface area (Å²) in [6.07, 6.45) is -3.23. The third kappa shape index (κ3) is 3.81. The number of methoxy groups -OCH3 is 1. The number of nitrogens with two attached hydrogens (primary N) is 2. The molecule has 0 aromatic carbocycles. The molecule has 4 N–H and O–H groups in total. The van der Waals surface area contributed by atoms with E-state index in [-0.39, 0.29) is 17.7 Å². The van der Waals surface area contributed by atoms with Crippen molar-refractivity contribution in [3.05, 3.63) is 23.5 Å². The van der Waals surface area contributed by atoms with Gasteiger partial charge in [0.25, 0.3) is 0 Å². The number of halogens is 3. The van der Waals surface area contributed by atoms with Crippen LogP contribution in [0.3, 0.4) is 0 Å². The summed E-state index contributed by atoms with van der Waals surface area (Å²) in [6.45, 7) is 3.64. The molecule has 0 bridgehead atoms. The van der Waals surface area contributed by atoms with Gasteiger partial charge in [0, 0.05) is 11.1 Å². The third-order valence-corrected chi connectivity index (χ3v) is 4.13. The fourth-order valence-electron chi connectivity index (χ4n) is 1.94. The molecule has 6 nitrogen and oxygen atoms in total. The van der Waals surface area contributed by atoms with Gasteiger partial charge in [-0.05, 0) is 12.0 Å². The van der Waals surface area contributed by atoms with E-state index in [1.165, 1.54) is 6.20 Å². The Kier molecular flexibility index (Phi) is 5.07. The Morgan fingerprint density at radius 2 is 1.83 bits per heavy atom. The Morgan fingerprint density at radius 1 is 1.17 bits per heavy atom. The Labute approximate surface area is 140 Å². The van der Waals surface area contributed by atoms with Crippen LogP contribution < -0.4 is 16.2 Å². The first-order chi connectivity index (χ1) is 11.1. The van der Waals surface area contributed by atoms with Gasteiger partial charge in [0.2, 0.25) is 11.8 Å². The van der Waals surface area contributed by atoms with Gasteiger partial charge in [-0.3, -0.25) is 0 Å². The normalized spacial score (nSPS) is 11.8. The molecule has 0 atom stereocenters. The fourth-order valence-corrected chi connectivity index (χ4v) is 3.00. The number of nitrogens with zero attached hydrogens (tertiary/aromatic N) is 3. The van der Waals surface area contributed by atoms with E-state index in [0.29, 0.717) is 15.5 Å². The van der Waals surface area contributed by atoms with E-state index in [2.05, 4.69) is 15.0 Å². The zero-order valence-electron chi connectivity index (χ0n) is 13.2. The minimum absolute atomic E-state index is 0.00947. The van der Waals surface area contributed by atoms with E-state index >= 15 is 0 Å². The number of ether oxygens (including phenoxy) is 1. The molecule has 2 heterocycles. The molecule has 2 rings (SSSR count). The van der Waals surface area contributed by atoms with Gasteiger partial charge in [-0.1, -0.05) is 25.6 Å². The maximum atomic E-state index is 13.2. The zero-order chi connectivity index (χ0) is 18.1. The topological polar surface area (TPSA) is 99.9 Å². The molecular weight excluding hydrogens is 343 g/mol. The molecule has 0 saturated heterocycles. The van der Waals surface area contributed by atoms with Crippen molar-refractivity contribution in [2.24, 2.45) is 0 Å². The van der Waals surface area contributed by atoms with Crippen molar-refractivity contribution in [1.82, 2.24) is 15.0 Å². The van der Waals surface area contributed by atoms with E-state index < -0.39 is 17.6 Å². The molecule has 0 fully saturated rings. The molecule has 0 aliphatic heterocycles. The molecule has 0 amide bonds. The number of rotatable bonds is 4. The molecular formula is C14H16F3N5OS. The summed E-state index contributed by atoms with van der Waals surface area (Å²) in [7, 11) is 1.15. The monoisotopic (exact) mass is 359 g/mol. The Morgan fingerprint density at radius 3 is 2.33 bits per heavy atom. The maximum Gasteiger partial charge on any atom is 0.421 e. The van der Waals surface area contributed by atoms with Crippen LogP contribution in [0, 0.1) is 0 Å². The lowest BCUT2D eigenvalue weighted by Crippen LogP contribution is -2.11. The molecule has 0 spiro atoms. The second-order valence-electron chi connectivity index (χ2n) is 5.16. The lowest BCUT2D eigenvalue weighted by molar-refractivity contribution is -0.139. The van der Waals surface area contributed by atoms with Crippen molar-refractivity contribution in [2.75, 3.05) is 18.6 Å². The molecule has 24 heavy (non-hydrogen) atoms. The van der Waals surface area contributed by atoms with E-state index in [1.54, 1.807) is 0 Å². The zero-order valence-corrected chi connectivity index (χ0v) is 14.0. The van der Waals surface area contributed by atoms with Crippen molar-refractivity contribution in [1.29, 1.82) is 0 Å². The highest BCUT2D eigenvalue weighted by atomic mass is 32.2. The van der Waals surface area contributed by atoms with Gasteiger partial charge in [-0.2, -0.15) is 18.2 Å². The van der Waals surface area contributed by atoms with Crippen LogP contribution in [-0.4, -0.2) is 22.1 Å². The first kappa shape index (κ1) is 18.1. The van der Waals surface area contributed by atoms with Crippen LogP contribution in [-0.2, 0) is 6.18 Å². The van der Waals surface area contributed by atoms with Crippen LogP contribution in [0.4, 0.5) is 24.9 Å². The summed E-state index contributed by atoms with van der Waals surface area (Å²) < 4.78 is 44.5. The minimum Gasteiger partial charge on any atom is -0.481 e. The molecule has 0 saturated carbocycles. The Balaban J connectivity index is 2.58. The number of aromatic nitrogens is 3. The van der Waals surface area contributed by atoms with Crippen LogP contribution in [0.5, 0.6) is 5.88 Å². The molecule has 10 heteroatoms. The van der Waals surface area contributed by atoms with Gasteiger partial charge in [0.05, 0.1) is 17.7 Å². The predicted octanol–water partition coefficient (Wildman–Crippen LogP) is 3.34. The average molecular weight is 359 g/mol. The third-order valence-electron chi connectivity index (χ3n) is 3.05. The van der Waals surface area contributed by atoms with Crippen molar-refractivity contribution < 1.29 is 17.9 Å². The van der Waals surface area contributed by atoms with Crippen molar-refractivity contribution in [2.45, 2.75) is 35.7 Å². The lowest BCUT2D eigenvalue weighted by atomic mass is 10.1. The summed E-state index contributed by atoms with van der Waals surface area (Å²) in [6, 6.07) is 1.00. The highest BCUT2D eigenvalue weighted by Crippen LogP contribution is 2.42. The molecule has 130 valence electrons. The fraction of sp³-hybridized carbons (Fsp3) is 0.357. The number of alkyl halides is 3. The van der Waals surface area contributed by atoms with Gasteiger partial charge in [-0.25, -0.2) is 9.97 Å². The molecule has 2 aromatic heterocycles. The largest absolute Gasteiger partial charge is 0.481 e. The predicted molar refractivity (Wildman–Crippen MR) is 84.9 cm³/mol. The Bertz CT molecular complexity index is 752. The van der Waals surface area contributed by atoms with Crippen LogP contribution in [0.25, 0.3) is 0 Å². The lowest BCUT2D eigenvalue weighted by Gasteiger charge is -2.17. The molecule has 0 radical (unpaired) electrons. The SMILES string of the molecule is COc1nc(C(C)C)c(Sc2cnc(N)nc2N)cc1C(F)(F)F. The second-order valence-corrected chi connectivity index (χ2v) is 6.24. The quantitative estimate of drug-likeness (QED) is 0.863. The molecule has 0 aliphatic rings. The Hall–Kier alpha value is -2.23.